The van der Waals surface area contributed by atoms with Crippen LogP contribution in [0.1, 0.15) is 56.9 Å². The molecule has 1 saturated carbocycles. The van der Waals surface area contributed by atoms with Crippen LogP contribution in [0.2, 0.25) is 0 Å². The highest BCUT2D eigenvalue weighted by molar-refractivity contribution is 6.23. The molecule has 0 N–H and O–H groups in total. The smallest absolute Gasteiger partial charge is 0.257 e. The van der Waals surface area contributed by atoms with E-state index in [2.05, 4.69) is 17.0 Å². The molecule has 0 spiro atoms. The number of imide groups is 1. The number of likely N-dealkylation sites (tertiary alicyclic amines) is 1. The van der Waals surface area contributed by atoms with Crippen LogP contribution in [0.5, 0.6) is 0 Å². The summed E-state index contributed by atoms with van der Waals surface area (Å²) in [5.74, 6) is -1.18. The SMILES string of the molecule is O=C1CC(N(C(=O)C2CCCCC2)C2CCN(Cc3ccccc3)CC2)C(=O)N1c1ccc(F)cc1. The molecule has 1 aliphatic carbocycles. The van der Waals surface area contributed by atoms with Gasteiger partial charge in [0.1, 0.15) is 11.9 Å². The van der Waals surface area contributed by atoms with Crippen molar-refractivity contribution in [2.24, 2.45) is 5.92 Å². The zero-order chi connectivity index (χ0) is 25.1. The van der Waals surface area contributed by atoms with Crippen molar-refractivity contribution < 1.29 is 18.8 Å². The second-order valence-corrected chi connectivity index (χ2v) is 10.3. The molecule has 2 aromatic carbocycles. The molecule has 1 unspecified atom stereocenters. The minimum absolute atomic E-state index is 0.0150. The standard InChI is InChI=1S/C29H34FN3O3/c30-23-11-13-24(14-12-23)33-27(34)19-26(29(33)36)32(28(35)22-9-5-2-6-10-22)25-15-17-31(18-16-25)20-21-7-3-1-4-8-21/h1,3-4,7-8,11-14,22,25-26H,2,5-6,9-10,15-20H2. The van der Waals surface area contributed by atoms with Gasteiger partial charge in [-0.2, -0.15) is 0 Å². The van der Waals surface area contributed by atoms with Crippen molar-refractivity contribution >= 4 is 23.4 Å². The summed E-state index contributed by atoms with van der Waals surface area (Å²) in [5.41, 5.74) is 1.62. The topological polar surface area (TPSA) is 60.9 Å². The van der Waals surface area contributed by atoms with Gasteiger partial charge in [-0.05, 0) is 55.5 Å². The molecule has 2 saturated heterocycles. The Morgan fingerprint density at radius 1 is 0.889 bits per heavy atom. The third-order valence-electron chi connectivity index (χ3n) is 7.95. The molecule has 0 bridgehead atoms. The van der Waals surface area contributed by atoms with Gasteiger partial charge in [0.2, 0.25) is 11.8 Å². The van der Waals surface area contributed by atoms with Gasteiger partial charge in [-0.3, -0.25) is 19.3 Å². The second kappa shape index (κ2) is 10.9. The number of halogens is 1. The fourth-order valence-electron chi connectivity index (χ4n) is 6.04. The fraction of sp³-hybridized carbons (Fsp3) is 0.483. The molecule has 36 heavy (non-hydrogen) atoms. The van der Waals surface area contributed by atoms with Gasteiger partial charge in [0.15, 0.2) is 0 Å². The first-order valence-electron chi connectivity index (χ1n) is 13.2. The van der Waals surface area contributed by atoms with E-state index in [9.17, 15) is 18.8 Å². The quantitative estimate of drug-likeness (QED) is 0.557. The summed E-state index contributed by atoms with van der Waals surface area (Å²) < 4.78 is 13.5. The van der Waals surface area contributed by atoms with Crippen LogP contribution >= 0.6 is 0 Å². The maximum atomic E-state index is 13.9. The highest BCUT2D eigenvalue weighted by atomic mass is 19.1. The third kappa shape index (κ3) is 5.21. The molecule has 1 atom stereocenters. The van der Waals surface area contributed by atoms with Crippen LogP contribution < -0.4 is 4.90 Å². The Bertz CT molecular complexity index is 1080. The lowest BCUT2D eigenvalue weighted by Gasteiger charge is -2.42. The molecule has 2 heterocycles. The van der Waals surface area contributed by atoms with Crippen molar-refractivity contribution in [2.75, 3.05) is 18.0 Å². The van der Waals surface area contributed by atoms with Crippen LogP contribution in [0.15, 0.2) is 54.6 Å². The zero-order valence-corrected chi connectivity index (χ0v) is 20.7. The van der Waals surface area contributed by atoms with E-state index < -0.39 is 11.9 Å². The Hall–Kier alpha value is -3.06. The van der Waals surface area contributed by atoms with E-state index in [4.69, 9.17) is 0 Å². The average Bonchev–Trinajstić information content (AvgIpc) is 3.20. The lowest BCUT2D eigenvalue weighted by atomic mass is 9.86. The Morgan fingerprint density at radius 2 is 1.56 bits per heavy atom. The van der Waals surface area contributed by atoms with E-state index in [1.165, 1.54) is 29.8 Å². The van der Waals surface area contributed by atoms with Gasteiger partial charge in [0.05, 0.1) is 12.1 Å². The predicted octanol–water partition coefficient (Wildman–Crippen LogP) is 4.53. The summed E-state index contributed by atoms with van der Waals surface area (Å²) in [6.45, 7) is 2.54. The Labute approximate surface area is 212 Å². The highest BCUT2D eigenvalue weighted by Gasteiger charge is 2.48. The fourth-order valence-corrected chi connectivity index (χ4v) is 6.04. The average molecular weight is 492 g/mol. The first-order valence-corrected chi connectivity index (χ1v) is 13.2. The highest BCUT2D eigenvalue weighted by Crippen LogP contribution is 2.33. The van der Waals surface area contributed by atoms with Crippen molar-refractivity contribution in [3.8, 4) is 0 Å². The summed E-state index contributed by atoms with van der Waals surface area (Å²) >= 11 is 0. The molecule has 3 amide bonds. The number of anilines is 1. The molecular formula is C29H34FN3O3. The van der Waals surface area contributed by atoms with Crippen LogP contribution in [0.4, 0.5) is 10.1 Å². The maximum Gasteiger partial charge on any atom is 0.257 e. The van der Waals surface area contributed by atoms with Crippen molar-refractivity contribution in [1.29, 1.82) is 0 Å². The van der Waals surface area contributed by atoms with Gasteiger partial charge in [-0.15, -0.1) is 0 Å². The number of carbonyl (C=O) groups excluding carboxylic acids is 3. The Morgan fingerprint density at radius 3 is 2.22 bits per heavy atom. The van der Waals surface area contributed by atoms with Crippen LogP contribution in [0.3, 0.4) is 0 Å². The molecule has 6 nitrogen and oxygen atoms in total. The minimum atomic E-state index is -0.789. The molecule has 3 aliphatic rings. The molecule has 0 aromatic heterocycles. The molecule has 0 radical (unpaired) electrons. The Balaban J connectivity index is 1.34. The van der Waals surface area contributed by atoms with E-state index in [-0.39, 0.29) is 36.1 Å². The Kier molecular flexibility index (Phi) is 7.46. The number of benzene rings is 2. The summed E-state index contributed by atoms with van der Waals surface area (Å²) in [6.07, 6.45) is 6.43. The predicted molar refractivity (Wildman–Crippen MR) is 135 cm³/mol. The van der Waals surface area contributed by atoms with Crippen molar-refractivity contribution in [2.45, 2.75) is 70.0 Å². The van der Waals surface area contributed by atoms with Gasteiger partial charge in [-0.25, -0.2) is 9.29 Å². The molecule has 7 heteroatoms. The number of amides is 3. The molecular weight excluding hydrogens is 457 g/mol. The van der Waals surface area contributed by atoms with E-state index in [0.717, 1.165) is 69.5 Å². The van der Waals surface area contributed by atoms with Crippen molar-refractivity contribution in [3.63, 3.8) is 0 Å². The number of hydrogen-bond acceptors (Lipinski definition) is 4. The van der Waals surface area contributed by atoms with Gasteiger partial charge in [0.25, 0.3) is 5.91 Å². The molecule has 2 aromatic rings. The normalized spacial score (nSPS) is 22.2. The lowest BCUT2D eigenvalue weighted by molar-refractivity contribution is -0.146. The molecule has 190 valence electrons. The van der Waals surface area contributed by atoms with E-state index in [1.807, 2.05) is 18.2 Å². The number of piperidine rings is 1. The second-order valence-electron chi connectivity index (χ2n) is 10.3. The number of hydrogen-bond donors (Lipinski definition) is 0. The monoisotopic (exact) mass is 491 g/mol. The summed E-state index contributed by atoms with van der Waals surface area (Å²) in [6, 6.07) is 14.9. The third-order valence-corrected chi connectivity index (χ3v) is 7.95. The molecule has 2 aliphatic heterocycles. The van der Waals surface area contributed by atoms with Crippen LogP contribution in [-0.4, -0.2) is 52.7 Å². The van der Waals surface area contributed by atoms with Gasteiger partial charge in [0, 0.05) is 31.6 Å². The maximum absolute atomic E-state index is 13.9. The largest absolute Gasteiger partial charge is 0.327 e. The summed E-state index contributed by atoms with van der Waals surface area (Å²) in [4.78, 5) is 45.8. The minimum Gasteiger partial charge on any atom is -0.327 e. The van der Waals surface area contributed by atoms with Crippen LogP contribution in [0, 0.1) is 11.7 Å². The number of carbonyl (C=O) groups is 3. The van der Waals surface area contributed by atoms with Gasteiger partial charge >= 0.3 is 0 Å². The zero-order valence-electron chi connectivity index (χ0n) is 20.7. The van der Waals surface area contributed by atoms with Gasteiger partial charge in [-0.1, -0.05) is 49.6 Å². The van der Waals surface area contributed by atoms with Crippen LogP contribution in [0.25, 0.3) is 0 Å². The molecule has 3 fully saturated rings. The van der Waals surface area contributed by atoms with E-state index in [0.29, 0.717) is 5.69 Å². The summed E-state index contributed by atoms with van der Waals surface area (Å²) in [5, 5.41) is 0. The number of nitrogens with zero attached hydrogens (tertiary/aromatic N) is 3. The van der Waals surface area contributed by atoms with Crippen molar-refractivity contribution in [3.05, 3.63) is 66.0 Å². The number of rotatable bonds is 6. The first-order chi connectivity index (χ1) is 17.5. The summed E-state index contributed by atoms with van der Waals surface area (Å²) in [7, 11) is 0. The van der Waals surface area contributed by atoms with E-state index >= 15 is 0 Å². The first kappa shape index (κ1) is 24.6. The van der Waals surface area contributed by atoms with Crippen LogP contribution in [-0.2, 0) is 20.9 Å². The van der Waals surface area contributed by atoms with E-state index in [1.54, 1.807) is 4.90 Å². The van der Waals surface area contributed by atoms with Gasteiger partial charge < -0.3 is 4.90 Å². The van der Waals surface area contributed by atoms with Crippen molar-refractivity contribution in [1.82, 2.24) is 9.80 Å². The lowest BCUT2D eigenvalue weighted by Crippen LogP contribution is -2.55. The molecule has 5 rings (SSSR count).